The van der Waals surface area contributed by atoms with Crippen LogP contribution in [-0.2, 0) is 14.3 Å². The van der Waals surface area contributed by atoms with Crippen LogP contribution in [0.2, 0.25) is 0 Å². The van der Waals surface area contributed by atoms with Crippen LogP contribution in [0.15, 0.2) is 0 Å². The number of carbonyl (C=O) groups excluding carboxylic acids is 1. The molecule has 1 fully saturated rings. The summed E-state index contributed by atoms with van der Waals surface area (Å²) < 4.78 is 42.5. The number of carboxylic acids is 1. The van der Waals surface area contributed by atoms with Gasteiger partial charge in [0.1, 0.15) is 0 Å². The summed E-state index contributed by atoms with van der Waals surface area (Å²) in [5.74, 6) is -3.13. The second-order valence-electron chi connectivity index (χ2n) is 5.29. The van der Waals surface area contributed by atoms with Gasteiger partial charge in [-0.1, -0.05) is 0 Å². The monoisotopic (exact) mass is 311 g/mol. The van der Waals surface area contributed by atoms with Crippen LogP contribution in [-0.4, -0.2) is 42.9 Å². The van der Waals surface area contributed by atoms with Crippen LogP contribution in [0.4, 0.5) is 13.2 Å². The van der Waals surface area contributed by atoms with E-state index in [2.05, 4.69) is 5.32 Å². The number of rotatable bonds is 6. The van der Waals surface area contributed by atoms with Gasteiger partial charge in [0.25, 0.3) is 0 Å². The Morgan fingerprint density at radius 2 is 1.86 bits per heavy atom. The topological polar surface area (TPSA) is 75.6 Å². The largest absolute Gasteiger partial charge is 0.481 e. The maximum Gasteiger partial charge on any atom is 0.391 e. The number of ether oxygens (including phenoxy) is 1. The predicted molar refractivity (Wildman–Crippen MR) is 67.6 cm³/mol. The summed E-state index contributed by atoms with van der Waals surface area (Å²) in [6, 6.07) is 0. The molecule has 1 aliphatic rings. The first-order valence-electron chi connectivity index (χ1n) is 6.83. The van der Waals surface area contributed by atoms with Crippen molar-refractivity contribution in [3.63, 3.8) is 0 Å². The molecule has 122 valence electrons. The average Bonchev–Trinajstić information content (AvgIpc) is 2.41. The van der Waals surface area contributed by atoms with Crippen molar-refractivity contribution in [1.29, 1.82) is 0 Å². The standard InChI is InChI=1S/C13H20F3NO4/c1-21-10(6-11(18)19)7-17-12(20)8-2-4-9(5-3-8)13(14,15)16/h8-10H,2-7H2,1H3,(H,17,20)(H,18,19). The van der Waals surface area contributed by atoms with E-state index in [1.165, 1.54) is 7.11 Å². The zero-order valence-electron chi connectivity index (χ0n) is 11.8. The van der Waals surface area contributed by atoms with Crippen LogP contribution in [0.1, 0.15) is 32.1 Å². The van der Waals surface area contributed by atoms with Gasteiger partial charge in [-0.05, 0) is 25.7 Å². The molecule has 0 radical (unpaired) electrons. The Kier molecular flexibility index (Phi) is 6.44. The van der Waals surface area contributed by atoms with Crippen LogP contribution < -0.4 is 5.32 Å². The van der Waals surface area contributed by atoms with E-state index < -0.39 is 30.1 Å². The fourth-order valence-electron chi connectivity index (χ4n) is 2.48. The molecule has 2 N–H and O–H groups in total. The average molecular weight is 311 g/mol. The zero-order chi connectivity index (χ0) is 16.0. The number of carboxylic acid groups (broad SMARTS) is 1. The quantitative estimate of drug-likeness (QED) is 0.786. The van der Waals surface area contributed by atoms with Crippen LogP contribution in [0.5, 0.6) is 0 Å². The smallest absolute Gasteiger partial charge is 0.391 e. The second kappa shape index (κ2) is 7.63. The number of aliphatic carboxylic acids is 1. The summed E-state index contributed by atoms with van der Waals surface area (Å²) >= 11 is 0. The third-order valence-electron chi connectivity index (χ3n) is 3.80. The molecule has 1 amide bonds. The summed E-state index contributed by atoms with van der Waals surface area (Å²) in [5.41, 5.74) is 0. The van der Waals surface area contributed by atoms with Crippen LogP contribution in [0.25, 0.3) is 0 Å². The molecule has 0 aromatic heterocycles. The lowest BCUT2D eigenvalue weighted by molar-refractivity contribution is -0.184. The van der Waals surface area contributed by atoms with Gasteiger partial charge in [-0.3, -0.25) is 9.59 Å². The summed E-state index contributed by atoms with van der Waals surface area (Å²) in [7, 11) is 1.34. The minimum Gasteiger partial charge on any atom is -0.481 e. The van der Waals surface area contributed by atoms with Gasteiger partial charge in [0.15, 0.2) is 0 Å². The number of methoxy groups -OCH3 is 1. The molecule has 1 aliphatic carbocycles. The summed E-state index contributed by atoms with van der Waals surface area (Å²) in [4.78, 5) is 22.4. The molecular weight excluding hydrogens is 291 g/mol. The van der Waals surface area contributed by atoms with E-state index in [9.17, 15) is 22.8 Å². The number of nitrogens with one attached hydrogen (secondary N) is 1. The number of hydrogen-bond donors (Lipinski definition) is 2. The van der Waals surface area contributed by atoms with Crippen molar-refractivity contribution in [2.45, 2.75) is 44.4 Å². The molecule has 1 saturated carbocycles. The first-order chi connectivity index (χ1) is 9.74. The fraction of sp³-hybridized carbons (Fsp3) is 0.846. The summed E-state index contributed by atoms with van der Waals surface area (Å²) in [5, 5.41) is 11.2. The minimum absolute atomic E-state index is 0.0373. The van der Waals surface area contributed by atoms with E-state index in [1.54, 1.807) is 0 Å². The third-order valence-corrected chi connectivity index (χ3v) is 3.80. The van der Waals surface area contributed by atoms with E-state index in [-0.39, 0.29) is 44.6 Å². The number of alkyl halides is 3. The number of carbonyl (C=O) groups is 2. The van der Waals surface area contributed by atoms with Gasteiger partial charge in [-0.25, -0.2) is 0 Å². The van der Waals surface area contributed by atoms with Gasteiger partial charge >= 0.3 is 12.1 Å². The Balaban J connectivity index is 2.35. The number of amides is 1. The Labute approximate surface area is 120 Å². The summed E-state index contributed by atoms with van der Waals surface area (Å²) in [6.07, 6.45) is -4.74. The molecule has 5 nitrogen and oxygen atoms in total. The number of halogens is 3. The Morgan fingerprint density at radius 3 is 2.29 bits per heavy atom. The number of hydrogen-bond acceptors (Lipinski definition) is 3. The molecule has 1 atom stereocenters. The normalized spacial score (nSPS) is 24.4. The van der Waals surface area contributed by atoms with Crippen LogP contribution in [0, 0.1) is 11.8 Å². The van der Waals surface area contributed by atoms with E-state index in [1.807, 2.05) is 0 Å². The molecule has 0 aliphatic heterocycles. The van der Waals surface area contributed by atoms with Crippen molar-refractivity contribution < 1.29 is 32.6 Å². The van der Waals surface area contributed by atoms with Crippen LogP contribution >= 0.6 is 0 Å². The molecule has 8 heteroatoms. The van der Waals surface area contributed by atoms with Gasteiger partial charge in [-0.15, -0.1) is 0 Å². The predicted octanol–water partition coefficient (Wildman–Crippen LogP) is 1.96. The molecule has 0 saturated heterocycles. The molecular formula is C13H20F3NO4. The molecule has 0 heterocycles. The third kappa shape index (κ3) is 5.91. The molecule has 0 bridgehead atoms. The van der Waals surface area contributed by atoms with Crippen molar-refractivity contribution in [1.82, 2.24) is 5.32 Å². The lowest BCUT2D eigenvalue weighted by atomic mass is 9.81. The fourth-order valence-corrected chi connectivity index (χ4v) is 2.48. The molecule has 0 aromatic carbocycles. The zero-order valence-corrected chi connectivity index (χ0v) is 11.8. The van der Waals surface area contributed by atoms with E-state index in [0.717, 1.165) is 0 Å². The van der Waals surface area contributed by atoms with Gasteiger partial charge in [0.2, 0.25) is 5.91 Å². The van der Waals surface area contributed by atoms with Crippen molar-refractivity contribution >= 4 is 11.9 Å². The Morgan fingerprint density at radius 1 is 1.29 bits per heavy atom. The highest BCUT2D eigenvalue weighted by Gasteiger charge is 2.42. The van der Waals surface area contributed by atoms with Gasteiger partial charge < -0.3 is 15.2 Å². The summed E-state index contributed by atoms with van der Waals surface area (Å²) in [6.45, 7) is 0.0425. The van der Waals surface area contributed by atoms with Crippen molar-refractivity contribution in [3.8, 4) is 0 Å². The molecule has 21 heavy (non-hydrogen) atoms. The second-order valence-corrected chi connectivity index (χ2v) is 5.29. The lowest BCUT2D eigenvalue weighted by Crippen LogP contribution is -2.40. The lowest BCUT2D eigenvalue weighted by Gasteiger charge is -2.29. The SMILES string of the molecule is COC(CNC(=O)C1CCC(C(F)(F)F)CC1)CC(=O)O. The molecule has 0 aromatic rings. The minimum atomic E-state index is -4.19. The van der Waals surface area contributed by atoms with Gasteiger partial charge in [-0.2, -0.15) is 13.2 Å². The Bertz CT molecular complexity index is 365. The Hall–Kier alpha value is -1.31. The van der Waals surface area contributed by atoms with E-state index >= 15 is 0 Å². The molecule has 0 spiro atoms. The van der Waals surface area contributed by atoms with Crippen molar-refractivity contribution in [2.75, 3.05) is 13.7 Å². The highest BCUT2D eigenvalue weighted by atomic mass is 19.4. The first kappa shape index (κ1) is 17.7. The maximum absolute atomic E-state index is 12.5. The van der Waals surface area contributed by atoms with Gasteiger partial charge in [0, 0.05) is 19.6 Å². The highest BCUT2D eigenvalue weighted by Crippen LogP contribution is 2.39. The highest BCUT2D eigenvalue weighted by molar-refractivity contribution is 5.78. The van der Waals surface area contributed by atoms with Crippen molar-refractivity contribution in [3.05, 3.63) is 0 Å². The van der Waals surface area contributed by atoms with E-state index in [4.69, 9.17) is 9.84 Å². The molecule has 1 rings (SSSR count). The van der Waals surface area contributed by atoms with Gasteiger partial charge in [0.05, 0.1) is 18.4 Å². The first-order valence-corrected chi connectivity index (χ1v) is 6.83. The van der Waals surface area contributed by atoms with Crippen molar-refractivity contribution in [2.24, 2.45) is 11.8 Å². The molecule has 1 unspecified atom stereocenters. The van der Waals surface area contributed by atoms with E-state index in [0.29, 0.717) is 0 Å². The van der Waals surface area contributed by atoms with Crippen LogP contribution in [0.3, 0.4) is 0 Å². The maximum atomic E-state index is 12.5.